The van der Waals surface area contributed by atoms with Crippen molar-refractivity contribution in [3.05, 3.63) is 41.7 Å². The van der Waals surface area contributed by atoms with Crippen molar-refractivity contribution < 1.29 is 27.7 Å². The van der Waals surface area contributed by atoms with E-state index in [0.29, 0.717) is 11.3 Å². The van der Waals surface area contributed by atoms with Crippen LogP contribution >= 0.6 is 0 Å². The standard InChI is InChI=1S/C15H15F2N3O4/c1-9-7-13(20-23-9)19-14(21)10(2)24-18-8-11-3-5-12(6-4-11)22-15(16)17/h3-8,10,15H,1-2H3,(H,19,20,21)/b18-8+. The zero-order valence-electron chi connectivity index (χ0n) is 12.9. The molecule has 0 spiro atoms. The largest absolute Gasteiger partial charge is 0.435 e. The van der Waals surface area contributed by atoms with Crippen molar-refractivity contribution in [1.82, 2.24) is 5.16 Å². The highest BCUT2D eigenvalue weighted by molar-refractivity contribution is 5.93. The van der Waals surface area contributed by atoms with Crippen LogP contribution in [0.25, 0.3) is 0 Å². The minimum Gasteiger partial charge on any atom is -0.435 e. The van der Waals surface area contributed by atoms with E-state index in [4.69, 9.17) is 9.36 Å². The maximum Gasteiger partial charge on any atom is 0.387 e. The number of hydrogen-bond donors (Lipinski definition) is 1. The Morgan fingerprint density at radius 1 is 1.38 bits per heavy atom. The van der Waals surface area contributed by atoms with Gasteiger partial charge in [0.1, 0.15) is 11.5 Å². The van der Waals surface area contributed by atoms with Crippen molar-refractivity contribution in [2.75, 3.05) is 5.32 Å². The van der Waals surface area contributed by atoms with Crippen LogP contribution in [0.4, 0.5) is 14.6 Å². The number of benzene rings is 1. The molecular weight excluding hydrogens is 324 g/mol. The Morgan fingerprint density at radius 3 is 2.67 bits per heavy atom. The number of rotatable bonds is 7. The van der Waals surface area contributed by atoms with Crippen LogP contribution in [0, 0.1) is 6.92 Å². The lowest BCUT2D eigenvalue weighted by Crippen LogP contribution is -2.26. The number of amides is 1. The maximum atomic E-state index is 12.0. The molecule has 1 atom stereocenters. The molecule has 0 aliphatic heterocycles. The maximum absolute atomic E-state index is 12.0. The van der Waals surface area contributed by atoms with Gasteiger partial charge in [0.25, 0.3) is 5.91 Å². The predicted octanol–water partition coefficient (Wildman–Crippen LogP) is 2.96. The number of halogens is 2. The highest BCUT2D eigenvalue weighted by Crippen LogP contribution is 2.14. The Kier molecular flexibility index (Phi) is 5.83. The van der Waals surface area contributed by atoms with E-state index in [1.54, 1.807) is 13.0 Å². The van der Waals surface area contributed by atoms with Gasteiger partial charge in [-0.2, -0.15) is 8.78 Å². The van der Waals surface area contributed by atoms with Crippen molar-refractivity contribution in [3.8, 4) is 5.75 Å². The Hall–Kier alpha value is -2.97. The molecule has 2 aromatic rings. The number of carbonyl (C=O) groups excluding carboxylic acids is 1. The minimum atomic E-state index is -2.87. The molecule has 9 heteroatoms. The van der Waals surface area contributed by atoms with Gasteiger partial charge < -0.3 is 19.4 Å². The monoisotopic (exact) mass is 339 g/mol. The van der Waals surface area contributed by atoms with E-state index >= 15 is 0 Å². The summed E-state index contributed by atoms with van der Waals surface area (Å²) in [6.07, 6.45) is 0.482. The average molecular weight is 339 g/mol. The van der Waals surface area contributed by atoms with Crippen LogP contribution in [0.1, 0.15) is 18.2 Å². The quantitative estimate of drug-likeness (QED) is 0.619. The molecule has 0 bridgehead atoms. The lowest BCUT2D eigenvalue weighted by molar-refractivity contribution is -0.126. The van der Waals surface area contributed by atoms with E-state index in [1.807, 2.05) is 0 Å². The molecule has 0 saturated heterocycles. The van der Waals surface area contributed by atoms with Gasteiger partial charge in [-0.3, -0.25) is 4.79 Å². The van der Waals surface area contributed by atoms with Crippen LogP contribution in [0.15, 0.2) is 40.0 Å². The average Bonchev–Trinajstić information content (AvgIpc) is 2.93. The van der Waals surface area contributed by atoms with Gasteiger partial charge in [0, 0.05) is 6.07 Å². The van der Waals surface area contributed by atoms with Gasteiger partial charge in [0.15, 0.2) is 5.82 Å². The van der Waals surface area contributed by atoms with Crippen LogP contribution < -0.4 is 10.1 Å². The van der Waals surface area contributed by atoms with E-state index in [9.17, 15) is 13.6 Å². The van der Waals surface area contributed by atoms with Crippen molar-refractivity contribution in [2.24, 2.45) is 5.16 Å². The number of oxime groups is 1. The van der Waals surface area contributed by atoms with E-state index in [-0.39, 0.29) is 11.6 Å². The fourth-order valence-electron chi connectivity index (χ4n) is 1.62. The van der Waals surface area contributed by atoms with Crippen LogP contribution in [0.2, 0.25) is 0 Å². The van der Waals surface area contributed by atoms with E-state index < -0.39 is 18.6 Å². The first-order chi connectivity index (χ1) is 11.4. The summed E-state index contributed by atoms with van der Waals surface area (Å²) < 4.78 is 33.1. The summed E-state index contributed by atoms with van der Waals surface area (Å²) >= 11 is 0. The molecule has 1 aromatic heterocycles. The van der Waals surface area contributed by atoms with Gasteiger partial charge in [0.2, 0.25) is 6.10 Å². The van der Waals surface area contributed by atoms with Gasteiger partial charge in [-0.1, -0.05) is 10.3 Å². The fraction of sp³-hybridized carbons (Fsp3) is 0.267. The molecule has 1 N–H and O–H groups in total. The number of carbonyl (C=O) groups is 1. The normalized spacial score (nSPS) is 12.4. The molecule has 2 rings (SSSR count). The number of hydrogen-bond acceptors (Lipinski definition) is 6. The molecule has 1 aromatic carbocycles. The third-order valence-corrected chi connectivity index (χ3v) is 2.77. The molecule has 1 unspecified atom stereocenters. The first kappa shape index (κ1) is 17.4. The topological polar surface area (TPSA) is 86.0 Å². The zero-order valence-corrected chi connectivity index (χ0v) is 12.9. The van der Waals surface area contributed by atoms with Crippen LogP contribution in [-0.4, -0.2) is 30.0 Å². The molecule has 1 amide bonds. The summed E-state index contributed by atoms with van der Waals surface area (Å²) in [6, 6.07) is 7.35. The fourth-order valence-corrected chi connectivity index (χ4v) is 1.62. The highest BCUT2D eigenvalue weighted by Gasteiger charge is 2.15. The van der Waals surface area contributed by atoms with Crippen molar-refractivity contribution in [3.63, 3.8) is 0 Å². The third-order valence-electron chi connectivity index (χ3n) is 2.77. The number of aromatic nitrogens is 1. The number of ether oxygens (including phenoxy) is 1. The molecular formula is C15H15F2N3O4. The molecule has 0 aliphatic carbocycles. The van der Waals surface area contributed by atoms with E-state index in [0.717, 1.165) is 0 Å². The number of aryl methyl sites for hydroxylation is 1. The van der Waals surface area contributed by atoms with Gasteiger partial charge in [0.05, 0.1) is 6.21 Å². The van der Waals surface area contributed by atoms with Crippen molar-refractivity contribution in [1.29, 1.82) is 0 Å². The van der Waals surface area contributed by atoms with Gasteiger partial charge in [-0.05, 0) is 43.7 Å². The molecule has 0 fully saturated rings. The summed E-state index contributed by atoms with van der Waals surface area (Å²) in [7, 11) is 0. The lowest BCUT2D eigenvalue weighted by Gasteiger charge is -2.08. The van der Waals surface area contributed by atoms with Crippen LogP contribution in [0.3, 0.4) is 0 Å². The lowest BCUT2D eigenvalue weighted by atomic mass is 10.2. The van der Waals surface area contributed by atoms with Crippen molar-refractivity contribution in [2.45, 2.75) is 26.6 Å². The molecule has 1 heterocycles. The predicted molar refractivity (Wildman–Crippen MR) is 81.1 cm³/mol. The second kappa shape index (κ2) is 8.04. The Balaban J connectivity index is 1.82. The Labute approximate surface area is 136 Å². The molecule has 128 valence electrons. The van der Waals surface area contributed by atoms with E-state index in [1.165, 1.54) is 37.4 Å². The molecule has 0 aliphatic rings. The van der Waals surface area contributed by atoms with E-state index in [2.05, 4.69) is 20.4 Å². The molecule has 0 radical (unpaired) electrons. The number of nitrogens with zero attached hydrogens (tertiary/aromatic N) is 2. The summed E-state index contributed by atoms with van der Waals surface area (Å²) in [5.41, 5.74) is 0.594. The van der Waals surface area contributed by atoms with Crippen LogP contribution in [-0.2, 0) is 9.63 Å². The Bertz CT molecular complexity index is 701. The highest BCUT2D eigenvalue weighted by atomic mass is 19.3. The van der Waals surface area contributed by atoms with Crippen LogP contribution in [0.5, 0.6) is 5.75 Å². The molecule has 7 nitrogen and oxygen atoms in total. The zero-order chi connectivity index (χ0) is 17.5. The van der Waals surface area contributed by atoms with Gasteiger partial charge in [-0.25, -0.2) is 0 Å². The summed E-state index contributed by atoms with van der Waals surface area (Å²) in [5, 5.41) is 9.82. The molecule has 24 heavy (non-hydrogen) atoms. The number of anilines is 1. The molecule has 0 saturated carbocycles. The summed E-state index contributed by atoms with van der Waals surface area (Å²) in [4.78, 5) is 16.9. The second-order valence-electron chi connectivity index (χ2n) is 4.74. The smallest absolute Gasteiger partial charge is 0.387 e. The van der Waals surface area contributed by atoms with Crippen molar-refractivity contribution >= 4 is 17.9 Å². The SMILES string of the molecule is Cc1cc(NC(=O)C(C)O/N=C/c2ccc(OC(F)F)cc2)no1. The third kappa shape index (κ3) is 5.34. The number of nitrogens with one attached hydrogen (secondary N) is 1. The first-order valence-electron chi connectivity index (χ1n) is 6.92. The number of alkyl halides is 2. The van der Waals surface area contributed by atoms with Gasteiger partial charge >= 0.3 is 6.61 Å². The first-order valence-corrected chi connectivity index (χ1v) is 6.92. The summed E-state index contributed by atoms with van der Waals surface area (Å²) in [6.45, 7) is 0.338. The summed E-state index contributed by atoms with van der Waals surface area (Å²) in [5.74, 6) is 0.447. The van der Waals surface area contributed by atoms with Gasteiger partial charge in [-0.15, -0.1) is 0 Å². The second-order valence-corrected chi connectivity index (χ2v) is 4.74. The minimum absolute atomic E-state index is 0.0405. The Morgan fingerprint density at radius 2 is 2.08 bits per heavy atom.